The number of rotatable bonds is 6. The summed E-state index contributed by atoms with van der Waals surface area (Å²) >= 11 is 9.17. The average molecular weight is 388 g/mol. The van der Waals surface area contributed by atoms with Crippen molar-refractivity contribution in [1.82, 2.24) is 0 Å². The third kappa shape index (κ3) is 4.87. The number of alkyl halides is 1. The van der Waals surface area contributed by atoms with Crippen molar-refractivity contribution in [3.05, 3.63) is 56.7 Å². The van der Waals surface area contributed by atoms with Gasteiger partial charge in [0.05, 0.1) is 0 Å². The lowest BCUT2D eigenvalue weighted by Gasteiger charge is -2.09. The van der Waals surface area contributed by atoms with Gasteiger partial charge in [0.2, 0.25) is 0 Å². The first-order valence-electron chi connectivity index (χ1n) is 6.15. The predicted octanol–water partition coefficient (Wildman–Crippen LogP) is 5.84. The molecular weight excluding hydrogens is 372 g/mol. The van der Waals surface area contributed by atoms with Crippen molar-refractivity contribution in [2.45, 2.75) is 30.5 Å². The maximum atomic E-state index is 3.79. The number of hydrogen-bond donors (Lipinski definition) is 0. The molecule has 1 atom stereocenters. The molecule has 1 aromatic heterocycles. The van der Waals surface area contributed by atoms with Crippen LogP contribution in [0, 0.1) is 0 Å². The van der Waals surface area contributed by atoms with Crippen molar-refractivity contribution >= 4 is 43.2 Å². The minimum Gasteiger partial charge on any atom is -0.149 e. The largest absolute Gasteiger partial charge is 0.149 e. The third-order valence-electron chi connectivity index (χ3n) is 2.87. The highest BCUT2D eigenvalue weighted by Crippen LogP contribution is 2.20. The summed E-state index contributed by atoms with van der Waals surface area (Å²) < 4.78 is 1.17. The van der Waals surface area contributed by atoms with Crippen molar-refractivity contribution in [3.63, 3.8) is 0 Å². The second kappa shape index (κ2) is 7.46. The summed E-state index contributed by atoms with van der Waals surface area (Å²) in [7, 11) is 0. The Morgan fingerprint density at radius 2 is 2.06 bits per heavy atom. The first kappa shape index (κ1) is 14.3. The molecule has 2 aromatic rings. The molecule has 0 fully saturated rings. The maximum Gasteiger partial charge on any atom is 0.0186 e. The molecule has 0 aliphatic heterocycles. The summed E-state index contributed by atoms with van der Waals surface area (Å²) in [6, 6.07) is 12.9. The quantitative estimate of drug-likeness (QED) is 0.546. The molecule has 1 heterocycles. The molecule has 1 unspecified atom stereocenters. The van der Waals surface area contributed by atoms with Crippen LogP contribution in [0.2, 0.25) is 0 Å². The first-order chi connectivity index (χ1) is 8.74. The zero-order valence-electron chi connectivity index (χ0n) is 10.1. The van der Waals surface area contributed by atoms with Crippen molar-refractivity contribution < 1.29 is 0 Å². The van der Waals surface area contributed by atoms with Gasteiger partial charge in [0.15, 0.2) is 0 Å². The van der Waals surface area contributed by atoms with E-state index in [1.165, 1.54) is 34.2 Å². The van der Waals surface area contributed by atoms with E-state index in [1.54, 1.807) is 0 Å². The summed E-state index contributed by atoms with van der Waals surface area (Å²) in [5.41, 5.74) is 1.39. The Hall–Kier alpha value is -0.120. The van der Waals surface area contributed by atoms with Gasteiger partial charge in [0.1, 0.15) is 0 Å². The number of benzene rings is 1. The molecule has 3 heteroatoms. The Morgan fingerprint density at radius 1 is 1.17 bits per heavy atom. The van der Waals surface area contributed by atoms with E-state index >= 15 is 0 Å². The summed E-state index contributed by atoms with van der Waals surface area (Å²) in [5, 5.41) is 2.16. The van der Waals surface area contributed by atoms with Gasteiger partial charge >= 0.3 is 0 Å². The van der Waals surface area contributed by atoms with Gasteiger partial charge in [-0.25, -0.2) is 0 Å². The Labute approximate surface area is 130 Å². The molecule has 2 rings (SSSR count). The molecule has 0 nitrogen and oxygen atoms in total. The van der Waals surface area contributed by atoms with Crippen LogP contribution in [0.1, 0.15) is 23.3 Å². The van der Waals surface area contributed by atoms with Gasteiger partial charge in [0.25, 0.3) is 0 Å². The van der Waals surface area contributed by atoms with E-state index in [9.17, 15) is 0 Å². The van der Waals surface area contributed by atoms with Crippen LogP contribution >= 0.6 is 43.2 Å². The number of hydrogen-bond acceptors (Lipinski definition) is 1. The van der Waals surface area contributed by atoms with E-state index in [1.807, 2.05) is 11.3 Å². The first-order valence-corrected chi connectivity index (χ1v) is 8.74. The number of halogens is 2. The molecular formula is C15H16Br2S. The normalized spacial score (nSPS) is 12.6. The molecule has 0 aliphatic carbocycles. The SMILES string of the molecule is Brc1cccc(CC(Br)CCCc2cccs2)c1. The number of thiophene rings is 1. The van der Waals surface area contributed by atoms with Gasteiger partial charge in [-0.3, -0.25) is 0 Å². The molecule has 0 N–H and O–H groups in total. The van der Waals surface area contributed by atoms with Crippen molar-refractivity contribution in [1.29, 1.82) is 0 Å². The van der Waals surface area contributed by atoms with Gasteiger partial charge < -0.3 is 0 Å². The fourth-order valence-electron chi connectivity index (χ4n) is 1.97. The molecule has 18 heavy (non-hydrogen) atoms. The fraction of sp³-hybridized carbons (Fsp3) is 0.333. The molecule has 0 saturated carbocycles. The van der Waals surface area contributed by atoms with Crippen LogP contribution in [0.5, 0.6) is 0 Å². The van der Waals surface area contributed by atoms with Crippen molar-refractivity contribution in [3.8, 4) is 0 Å². The lowest BCUT2D eigenvalue weighted by Crippen LogP contribution is -2.03. The van der Waals surface area contributed by atoms with Crippen LogP contribution in [0.25, 0.3) is 0 Å². The van der Waals surface area contributed by atoms with Crippen LogP contribution in [-0.4, -0.2) is 4.83 Å². The monoisotopic (exact) mass is 386 g/mol. The van der Waals surface area contributed by atoms with E-state index in [0.29, 0.717) is 4.83 Å². The minimum atomic E-state index is 0.576. The predicted molar refractivity (Wildman–Crippen MR) is 87.8 cm³/mol. The zero-order chi connectivity index (χ0) is 12.8. The van der Waals surface area contributed by atoms with Crippen LogP contribution in [0.4, 0.5) is 0 Å². The van der Waals surface area contributed by atoms with Gasteiger partial charge in [0, 0.05) is 14.2 Å². The van der Waals surface area contributed by atoms with Gasteiger partial charge in [-0.2, -0.15) is 0 Å². The van der Waals surface area contributed by atoms with E-state index in [0.717, 1.165) is 6.42 Å². The van der Waals surface area contributed by atoms with Gasteiger partial charge in [-0.1, -0.05) is 50.1 Å². The summed E-state index contributed by atoms with van der Waals surface area (Å²) in [6.45, 7) is 0. The standard InChI is InChI=1S/C15H16Br2S/c16-13-5-1-4-12(10-13)11-14(17)6-2-7-15-8-3-9-18-15/h1,3-5,8-10,14H,2,6-7,11H2. The van der Waals surface area contributed by atoms with Crippen molar-refractivity contribution in [2.24, 2.45) is 0 Å². The van der Waals surface area contributed by atoms with E-state index in [-0.39, 0.29) is 0 Å². The second-order valence-electron chi connectivity index (χ2n) is 4.40. The molecule has 0 amide bonds. The second-order valence-corrected chi connectivity index (χ2v) is 7.65. The highest BCUT2D eigenvalue weighted by atomic mass is 79.9. The topological polar surface area (TPSA) is 0 Å². The highest BCUT2D eigenvalue weighted by molar-refractivity contribution is 9.10. The van der Waals surface area contributed by atoms with Gasteiger partial charge in [-0.05, 0) is 54.8 Å². The van der Waals surface area contributed by atoms with Crippen LogP contribution in [-0.2, 0) is 12.8 Å². The minimum absolute atomic E-state index is 0.576. The summed E-state index contributed by atoms with van der Waals surface area (Å²) in [5.74, 6) is 0. The molecule has 0 aliphatic rings. The zero-order valence-corrected chi connectivity index (χ0v) is 14.1. The maximum absolute atomic E-state index is 3.79. The van der Waals surface area contributed by atoms with E-state index < -0.39 is 0 Å². The molecule has 0 spiro atoms. The highest BCUT2D eigenvalue weighted by Gasteiger charge is 2.06. The Balaban J connectivity index is 1.73. The van der Waals surface area contributed by atoms with Crippen LogP contribution in [0.15, 0.2) is 46.3 Å². The fourth-order valence-corrected chi connectivity index (χ4v) is 3.87. The average Bonchev–Trinajstić information content (AvgIpc) is 2.82. The van der Waals surface area contributed by atoms with Crippen LogP contribution < -0.4 is 0 Å². The molecule has 0 bridgehead atoms. The lowest BCUT2D eigenvalue weighted by molar-refractivity contribution is 0.705. The van der Waals surface area contributed by atoms with E-state index in [4.69, 9.17) is 0 Å². The summed E-state index contributed by atoms with van der Waals surface area (Å²) in [6.07, 6.45) is 4.79. The molecule has 0 radical (unpaired) electrons. The smallest absolute Gasteiger partial charge is 0.0186 e. The van der Waals surface area contributed by atoms with Crippen LogP contribution in [0.3, 0.4) is 0 Å². The lowest BCUT2D eigenvalue weighted by atomic mass is 10.1. The summed E-state index contributed by atoms with van der Waals surface area (Å²) in [4.78, 5) is 2.07. The van der Waals surface area contributed by atoms with Crippen molar-refractivity contribution in [2.75, 3.05) is 0 Å². The Morgan fingerprint density at radius 3 is 2.78 bits per heavy atom. The third-order valence-corrected chi connectivity index (χ3v) is 5.08. The van der Waals surface area contributed by atoms with Gasteiger partial charge in [-0.15, -0.1) is 11.3 Å². The Kier molecular flexibility index (Phi) is 5.93. The Bertz CT molecular complexity index is 465. The molecule has 96 valence electrons. The molecule has 0 saturated heterocycles. The van der Waals surface area contributed by atoms with E-state index in [2.05, 4.69) is 73.6 Å². The number of aryl methyl sites for hydroxylation is 1. The molecule has 1 aromatic carbocycles.